The molecule has 0 bridgehead atoms. The molecule has 0 radical (unpaired) electrons. The van der Waals surface area contributed by atoms with E-state index in [1.807, 2.05) is 56.3 Å². The summed E-state index contributed by atoms with van der Waals surface area (Å²) in [5.74, 6) is -0.351. The van der Waals surface area contributed by atoms with Crippen molar-refractivity contribution in [1.82, 2.24) is 10.9 Å². The van der Waals surface area contributed by atoms with Crippen LogP contribution in [-0.4, -0.2) is 31.7 Å². The van der Waals surface area contributed by atoms with Crippen molar-refractivity contribution in [2.24, 2.45) is 0 Å². The second-order valence-corrected chi connectivity index (χ2v) is 6.52. The largest absolute Gasteiger partial charge is 0.378 e. The van der Waals surface area contributed by atoms with Crippen LogP contribution in [0.4, 0.5) is 5.69 Å². The zero-order valence-electron chi connectivity index (χ0n) is 14.0. The van der Waals surface area contributed by atoms with E-state index in [-0.39, 0.29) is 17.6 Å². The number of rotatable bonds is 5. The van der Waals surface area contributed by atoms with E-state index in [1.165, 1.54) is 11.8 Å². The maximum Gasteiger partial charge on any atom is 0.269 e. The Morgan fingerprint density at radius 1 is 1.04 bits per heavy atom. The Kier molecular flexibility index (Phi) is 6.26. The number of thioether (sulfide) groups is 1. The quantitative estimate of drug-likeness (QED) is 0.647. The van der Waals surface area contributed by atoms with Gasteiger partial charge in [-0.1, -0.05) is 24.3 Å². The third-order valence-electron chi connectivity index (χ3n) is 3.39. The molecule has 126 valence electrons. The van der Waals surface area contributed by atoms with Gasteiger partial charge in [0, 0.05) is 30.2 Å². The molecule has 0 aromatic heterocycles. The highest BCUT2D eigenvalue weighted by Gasteiger charge is 2.09. The van der Waals surface area contributed by atoms with E-state index in [9.17, 15) is 9.59 Å². The molecule has 0 aliphatic heterocycles. The van der Waals surface area contributed by atoms with Gasteiger partial charge < -0.3 is 4.90 Å². The lowest BCUT2D eigenvalue weighted by molar-refractivity contribution is -0.119. The molecule has 0 heterocycles. The highest BCUT2D eigenvalue weighted by Crippen LogP contribution is 2.21. The van der Waals surface area contributed by atoms with Crippen LogP contribution in [0.15, 0.2) is 53.4 Å². The lowest BCUT2D eigenvalue weighted by Crippen LogP contribution is -2.42. The number of anilines is 1. The van der Waals surface area contributed by atoms with Gasteiger partial charge in [0.15, 0.2) is 0 Å². The first kappa shape index (κ1) is 17.9. The molecule has 0 aliphatic carbocycles. The van der Waals surface area contributed by atoms with E-state index in [0.717, 1.165) is 16.1 Å². The molecule has 2 amide bonds. The van der Waals surface area contributed by atoms with Crippen LogP contribution in [0.25, 0.3) is 0 Å². The van der Waals surface area contributed by atoms with Crippen LogP contribution in [-0.2, 0) is 4.79 Å². The van der Waals surface area contributed by atoms with Gasteiger partial charge in [-0.2, -0.15) is 0 Å². The molecule has 5 nitrogen and oxygen atoms in total. The maximum atomic E-state index is 12.1. The molecule has 0 atom stereocenters. The van der Waals surface area contributed by atoms with Crippen LogP contribution in [0.5, 0.6) is 0 Å². The minimum absolute atomic E-state index is 0.239. The molecule has 0 aliphatic rings. The number of hydrogen-bond acceptors (Lipinski definition) is 4. The molecule has 0 saturated heterocycles. The molecule has 2 aromatic carbocycles. The van der Waals surface area contributed by atoms with Crippen LogP contribution in [0.2, 0.25) is 0 Å². The van der Waals surface area contributed by atoms with Gasteiger partial charge in [-0.05, 0) is 36.8 Å². The van der Waals surface area contributed by atoms with E-state index in [2.05, 4.69) is 10.9 Å². The van der Waals surface area contributed by atoms with Gasteiger partial charge in [0.25, 0.3) is 5.91 Å². The van der Waals surface area contributed by atoms with Crippen molar-refractivity contribution >= 4 is 29.3 Å². The summed E-state index contributed by atoms with van der Waals surface area (Å²) in [6.45, 7) is 2.00. The van der Waals surface area contributed by atoms with Crippen molar-refractivity contribution in [3.05, 3.63) is 59.7 Å². The van der Waals surface area contributed by atoms with Gasteiger partial charge in [-0.3, -0.25) is 20.4 Å². The van der Waals surface area contributed by atoms with Gasteiger partial charge >= 0.3 is 0 Å². The summed E-state index contributed by atoms with van der Waals surface area (Å²) in [7, 11) is 3.81. The number of nitrogens with one attached hydrogen (secondary N) is 2. The number of hydrazine groups is 1. The number of benzene rings is 2. The van der Waals surface area contributed by atoms with Crippen molar-refractivity contribution < 1.29 is 9.59 Å². The summed E-state index contributed by atoms with van der Waals surface area (Å²) in [5, 5.41) is 0. The fourth-order valence-corrected chi connectivity index (χ4v) is 2.85. The molecule has 0 fully saturated rings. The number of hydrogen-bond donors (Lipinski definition) is 2. The summed E-state index contributed by atoms with van der Waals surface area (Å²) in [5.41, 5.74) is 7.43. The Labute approximate surface area is 146 Å². The number of nitrogens with zero attached hydrogens (tertiary/aromatic N) is 1. The molecule has 2 rings (SSSR count). The predicted octanol–water partition coefficient (Wildman–Crippen LogP) is 2.61. The van der Waals surface area contributed by atoms with Gasteiger partial charge in [0.2, 0.25) is 5.91 Å². The molecule has 24 heavy (non-hydrogen) atoms. The second kappa shape index (κ2) is 8.40. The smallest absolute Gasteiger partial charge is 0.269 e. The Morgan fingerprint density at radius 3 is 2.50 bits per heavy atom. The van der Waals surface area contributed by atoms with Crippen molar-refractivity contribution in [3.63, 3.8) is 0 Å². The number of carbonyl (C=O) groups is 2. The van der Waals surface area contributed by atoms with E-state index >= 15 is 0 Å². The Hall–Kier alpha value is -2.47. The average molecular weight is 343 g/mol. The van der Waals surface area contributed by atoms with Crippen molar-refractivity contribution in [2.45, 2.75) is 11.8 Å². The highest BCUT2D eigenvalue weighted by molar-refractivity contribution is 8.00. The second-order valence-electron chi connectivity index (χ2n) is 5.50. The summed E-state index contributed by atoms with van der Waals surface area (Å²) in [4.78, 5) is 26.9. The van der Waals surface area contributed by atoms with Crippen LogP contribution < -0.4 is 15.8 Å². The van der Waals surface area contributed by atoms with Gasteiger partial charge in [-0.25, -0.2) is 0 Å². The molecular formula is C18H21N3O2S. The van der Waals surface area contributed by atoms with Crippen molar-refractivity contribution in [1.29, 1.82) is 0 Å². The fraction of sp³-hybridized carbons (Fsp3) is 0.222. The standard InChI is InChI=1S/C18H21N3O2S/c1-13-7-4-5-10-16(13)24-12-17(22)19-20-18(23)14-8-6-9-15(11-14)21(2)3/h4-11H,12H2,1-3H3,(H,19,22)(H,20,23). The zero-order chi connectivity index (χ0) is 17.5. The minimum atomic E-state index is -0.340. The fourth-order valence-electron chi connectivity index (χ4n) is 2.02. The first-order valence-corrected chi connectivity index (χ1v) is 8.51. The first-order valence-electron chi connectivity index (χ1n) is 7.52. The minimum Gasteiger partial charge on any atom is -0.378 e. The predicted molar refractivity (Wildman–Crippen MR) is 98.3 cm³/mol. The van der Waals surface area contributed by atoms with Gasteiger partial charge in [0.1, 0.15) is 0 Å². The summed E-state index contributed by atoms with van der Waals surface area (Å²) >= 11 is 1.44. The number of carbonyl (C=O) groups excluding carboxylic acids is 2. The highest BCUT2D eigenvalue weighted by atomic mass is 32.2. The monoisotopic (exact) mass is 343 g/mol. The molecule has 0 spiro atoms. The third kappa shape index (κ3) is 5.03. The lowest BCUT2D eigenvalue weighted by Gasteiger charge is -2.13. The Morgan fingerprint density at radius 2 is 1.79 bits per heavy atom. The van der Waals surface area contributed by atoms with Crippen LogP contribution >= 0.6 is 11.8 Å². The SMILES string of the molecule is Cc1ccccc1SCC(=O)NNC(=O)c1cccc(N(C)C)c1. The number of amides is 2. The zero-order valence-corrected chi connectivity index (χ0v) is 14.8. The lowest BCUT2D eigenvalue weighted by atomic mass is 10.2. The molecule has 0 unspecified atom stereocenters. The van der Waals surface area contributed by atoms with E-state index in [4.69, 9.17) is 0 Å². The molecule has 2 aromatic rings. The molecule has 6 heteroatoms. The molecule has 2 N–H and O–H groups in total. The average Bonchev–Trinajstić information content (AvgIpc) is 2.59. The van der Waals surface area contributed by atoms with Crippen molar-refractivity contribution in [2.75, 3.05) is 24.7 Å². The van der Waals surface area contributed by atoms with Crippen LogP contribution in [0, 0.1) is 6.92 Å². The Balaban J connectivity index is 1.84. The Bertz CT molecular complexity index is 732. The maximum absolute atomic E-state index is 12.1. The van der Waals surface area contributed by atoms with Crippen LogP contribution in [0.3, 0.4) is 0 Å². The van der Waals surface area contributed by atoms with E-state index in [0.29, 0.717) is 5.56 Å². The van der Waals surface area contributed by atoms with Crippen LogP contribution in [0.1, 0.15) is 15.9 Å². The normalized spacial score (nSPS) is 10.1. The summed E-state index contributed by atoms with van der Waals surface area (Å²) in [6.07, 6.45) is 0. The van der Waals surface area contributed by atoms with E-state index < -0.39 is 0 Å². The number of aryl methyl sites for hydroxylation is 1. The van der Waals surface area contributed by atoms with Gasteiger partial charge in [0.05, 0.1) is 5.75 Å². The third-order valence-corrected chi connectivity index (χ3v) is 4.57. The topological polar surface area (TPSA) is 61.4 Å². The summed E-state index contributed by atoms with van der Waals surface area (Å²) < 4.78 is 0. The molecule has 0 saturated carbocycles. The first-order chi connectivity index (χ1) is 11.5. The van der Waals surface area contributed by atoms with E-state index in [1.54, 1.807) is 18.2 Å². The van der Waals surface area contributed by atoms with Gasteiger partial charge in [-0.15, -0.1) is 11.8 Å². The summed E-state index contributed by atoms with van der Waals surface area (Å²) in [6, 6.07) is 15.1. The molecular weight excluding hydrogens is 322 g/mol. The van der Waals surface area contributed by atoms with Crippen molar-refractivity contribution in [3.8, 4) is 0 Å².